The lowest BCUT2D eigenvalue weighted by Crippen LogP contribution is -2.26. The number of fused-ring (bicyclic) bond motifs is 1. The topological polar surface area (TPSA) is 99.8 Å². The van der Waals surface area contributed by atoms with E-state index in [-0.39, 0.29) is 11.2 Å². The number of allylic oxidation sites excluding steroid dienone is 1. The van der Waals surface area contributed by atoms with Crippen molar-refractivity contribution in [2.24, 2.45) is 4.99 Å². The Morgan fingerprint density at radius 1 is 1.34 bits per heavy atom. The van der Waals surface area contributed by atoms with E-state index < -0.39 is 11.9 Å². The lowest BCUT2D eigenvalue weighted by Gasteiger charge is -2.14. The molecular formula is C22H21FN6O3. The molecule has 4 aromatic heterocycles. The Morgan fingerprint density at radius 3 is 2.84 bits per heavy atom. The van der Waals surface area contributed by atoms with Gasteiger partial charge in [-0.05, 0) is 38.1 Å². The highest BCUT2D eigenvalue weighted by molar-refractivity contribution is 5.82. The van der Waals surface area contributed by atoms with Crippen molar-refractivity contribution >= 4 is 17.9 Å². The first kappa shape index (κ1) is 21.2. The molecule has 0 fully saturated rings. The molecule has 1 atom stereocenters. The first-order chi connectivity index (χ1) is 15.4. The summed E-state index contributed by atoms with van der Waals surface area (Å²) < 4.78 is 28.2. The number of methoxy groups -OCH3 is 1. The summed E-state index contributed by atoms with van der Waals surface area (Å²) in [5, 5.41) is 12.0. The van der Waals surface area contributed by atoms with Gasteiger partial charge in [0.2, 0.25) is 0 Å². The number of ether oxygens (including phenoxy) is 1. The van der Waals surface area contributed by atoms with E-state index in [1.165, 1.54) is 28.4 Å². The molecule has 0 spiro atoms. The second-order valence-electron chi connectivity index (χ2n) is 7.15. The SMILES string of the molecule is CN=C/C(=C\c1cccn(C(C)c2nnc3c(F)cc(-c4cc(C)no4)cn23)c1=O)OC. The number of aryl methyl sites for hydroxylation is 1. The van der Waals surface area contributed by atoms with Gasteiger partial charge in [-0.2, -0.15) is 0 Å². The fourth-order valence-electron chi connectivity index (χ4n) is 3.39. The molecule has 0 aliphatic rings. The highest BCUT2D eigenvalue weighted by atomic mass is 19.1. The van der Waals surface area contributed by atoms with E-state index in [1.807, 2.05) is 0 Å². The molecule has 0 bridgehead atoms. The number of aliphatic imine (C=N–C) groups is 1. The smallest absolute Gasteiger partial charge is 0.258 e. The van der Waals surface area contributed by atoms with Crippen molar-refractivity contribution in [1.29, 1.82) is 0 Å². The Morgan fingerprint density at radius 2 is 2.16 bits per heavy atom. The second kappa shape index (κ2) is 8.58. The molecular weight excluding hydrogens is 415 g/mol. The minimum atomic E-state index is -0.560. The third kappa shape index (κ3) is 3.82. The van der Waals surface area contributed by atoms with Gasteiger partial charge in [0, 0.05) is 36.6 Å². The van der Waals surface area contributed by atoms with Crippen LogP contribution in [0, 0.1) is 12.7 Å². The first-order valence-electron chi connectivity index (χ1n) is 9.79. The number of aromatic nitrogens is 5. The number of nitrogens with zero attached hydrogens (tertiary/aromatic N) is 6. The van der Waals surface area contributed by atoms with Gasteiger partial charge in [-0.25, -0.2) is 4.39 Å². The van der Waals surface area contributed by atoms with Crippen LogP contribution in [-0.2, 0) is 4.74 Å². The molecule has 0 aliphatic heterocycles. The fourth-order valence-corrected chi connectivity index (χ4v) is 3.39. The summed E-state index contributed by atoms with van der Waals surface area (Å²) in [6, 6.07) is 5.91. The highest BCUT2D eigenvalue weighted by Gasteiger charge is 2.20. The zero-order chi connectivity index (χ0) is 22.8. The summed E-state index contributed by atoms with van der Waals surface area (Å²) in [5.74, 6) is 0.694. The van der Waals surface area contributed by atoms with Crippen molar-refractivity contribution in [3.8, 4) is 11.3 Å². The van der Waals surface area contributed by atoms with Gasteiger partial charge in [0.1, 0.15) is 5.76 Å². The monoisotopic (exact) mass is 436 g/mol. The maximum Gasteiger partial charge on any atom is 0.258 e. The van der Waals surface area contributed by atoms with Crippen LogP contribution in [0.4, 0.5) is 4.39 Å². The Balaban J connectivity index is 1.81. The molecule has 0 saturated carbocycles. The molecule has 0 aliphatic carbocycles. The van der Waals surface area contributed by atoms with Crippen LogP contribution >= 0.6 is 0 Å². The average Bonchev–Trinajstić information content (AvgIpc) is 3.41. The summed E-state index contributed by atoms with van der Waals surface area (Å²) in [7, 11) is 3.12. The van der Waals surface area contributed by atoms with Gasteiger partial charge in [0.25, 0.3) is 5.56 Å². The molecule has 10 heteroatoms. The predicted molar refractivity (Wildman–Crippen MR) is 117 cm³/mol. The van der Waals surface area contributed by atoms with E-state index in [0.717, 1.165) is 0 Å². The van der Waals surface area contributed by atoms with Crippen molar-refractivity contribution in [3.63, 3.8) is 0 Å². The third-order valence-electron chi connectivity index (χ3n) is 4.98. The van der Waals surface area contributed by atoms with Crippen molar-refractivity contribution in [2.75, 3.05) is 14.2 Å². The van der Waals surface area contributed by atoms with Crippen molar-refractivity contribution < 1.29 is 13.7 Å². The summed E-state index contributed by atoms with van der Waals surface area (Å²) >= 11 is 0. The van der Waals surface area contributed by atoms with E-state index in [1.54, 1.807) is 57.6 Å². The van der Waals surface area contributed by atoms with Crippen molar-refractivity contribution in [3.05, 3.63) is 75.7 Å². The van der Waals surface area contributed by atoms with E-state index in [0.29, 0.717) is 34.2 Å². The number of halogens is 1. The number of hydrogen-bond donors (Lipinski definition) is 0. The molecule has 0 saturated heterocycles. The van der Waals surface area contributed by atoms with Crippen molar-refractivity contribution in [2.45, 2.75) is 19.9 Å². The van der Waals surface area contributed by atoms with E-state index in [4.69, 9.17) is 9.26 Å². The summed E-state index contributed by atoms with van der Waals surface area (Å²) in [6.45, 7) is 3.57. The van der Waals surface area contributed by atoms with Crippen LogP contribution in [0.25, 0.3) is 23.0 Å². The lowest BCUT2D eigenvalue weighted by molar-refractivity contribution is 0.320. The van der Waals surface area contributed by atoms with Crippen LogP contribution in [0.1, 0.15) is 30.0 Å². The van der Waals surface area contributed by atoms with E-state index in [2.05, 4.69) is 20.3 Å². The van der Waals surface area contributed by atoms with Crippen molar-refractivity contribution in [1.82, 2.24) is 24.3 Å². The quantitative estimate of drug-likeness (QED) is 0.340. The summed E-state index contributed by atoms with van der Waals surface area (Å²) in [5.41, 5.74) is 1.36. The highest BCUT2D eigenvalue weighted by Crippen LogP contribution is 2.25. The van der Waals surface area contributed by atoms with Gasteiger partial charge in [0.15, 0.2) is 23.0 Å². The predicted octanol–water partition coefficient (Wildman–Crippen LogP) is 3.29. The number of hydrogen-bond acceptors (Lipinski definition) is 7. The normalized spacial score (nSPS) is 13.2. The van der Waals surface area contributed by atoms with Gasteiger partial charge >= 0.3 is 0 Å². The maximum atomic E-state index is 14.7. The van der Waals surface area contributed by atoms with Crippen LogP contribution in [0.3, 0.4) is 0 Å². The molecule has 0 radical (unpaired) electrons. The minimum absolute atomic E-state index is 0.0526. The minimum Gasteiger partial charge on any atom is -0.495 e. The first-order valence-corrected chi connectivity index (χ1v) is 9.79. The molecule has 4 aromatic rings. The van der Waals surface area contributed by atoms with Gasteiger partial charge in [-0.1, -0.05) is 5.16 Å². The van der Waals surface area contributed by atoms with Crippen LogP contribution in [0.15, 0.2) is 56.7 Å². The van der Waals surface area contributed by atoms with Crippen LogP contribution in [0.5, 0.6) is 0 Å². The average molecular weight is 436 g/mol. The molecule has 4 heterocycles. The van der Waals surface area contributed by atoms with Crippen LogP contribution < -0.4 is 5.56 Å². The maximum absolute atomic E-state index is 14.7. The van der Waals surface area contributed by atoms with Gasteiger partial charge in [0.05, 0.1) is 25.1 Å². The zero-order valence-electron chi connectivity index (χ0n) is 18.0. The number of rotatable bonds is 6. The largest absolute Gasteiger partial charge is 0.495 e. The summed E-state index contributed by atoms with van der Waals surface area (Å²) in [6.07, 6.45) is 6.43. The van der Waals surface area contributed by atoms with E-state index >= 15 is 0 Å². The Bertz CT molecular complexity index is 1400. The molecule has 0 N–H and O–H groups in total. The summed E-state index contributed by atoms with van der Waals surface area (Å²) in [4.78, 5) is 17.0. The molecule has 4 rings (SSSR count). The molecule has 164 valence electrons. The fraction of sp³-hybridized carbons (Fsp3) is 0.227. The van der Waals surface area contributed by atoms with Crippen LogP contribution in [0.2, 0.25) is 0 Å². The standard InChI is InChI=1S/C22H21FN6O3/c1-13-8-19(32-27-13)16-10-18(23)21-26-25-20(29(21)12-16)14(2)28-7-5-6-15(22(28)30)9-17(31-4)11-24-3/h5-12,14H,1-4H3/b17-9+,24-11?. The zero-order valence-corrected chi connectivity index (χ0v) is 18.0. The Kier molecular flexibility index (Phi) is 5.67. The Hall–Kier alpha value is -4.08. The molecule has 32 heavy (non-hydrogen) atoms. The molecule has 0 amide bonds. The van der Waals surface area contributed by atoms with Gasteiger partial charge in [-0.3, -0.25) is 14.2 Å². The lowest BCUT2D eigenvalue weighted by atomic mass is 10.2. The molecule has 1 unspecified atom stereocenters. The van der Waals surface area contributed by atoms with Gasteiger partial charge < -0.3 is 13.8 Å². The van der Waals surface area contributed by atoms with Gasteiger partial charge in [-0.15, -0.1) is 10.2 Å². The molecule has 0 aromatic carbocycles. The number of pyridine rings is 2. The second-order valence-corrected chi connectivity index (χ2v) is 7.15. The van der Waals surface area contributed by atoms with E-state index in [9.17, 15) is 9.18 Å². The molecule has 9 nitrogen and oxygen atoms in total. The Labute approximate surface area is 182 Å². The van der Waals surface area contributed by atoms with Crippen LogP contribution in [-0.4, -0.2) is 44.7 Å². The third-order valence-corrected chi connectivity index (χ3v) is 4.98.